The number of fused-ring (bicyclic) bond motifs is 1. The van der Waals surface area contributed by atoms with Gasteiger partial charge < -0.3 is 0 Å². The molecular formula is C13H16N2. The van der Waals surface area contributed by atoms with Crippen molar-refractivity contribution < 1.29 is 0 Å². The Morgan fingerprint density at radius 2 is 1.73 bits per heavy atom. The van der Waals surface area contributed by atoms with Crippen LogP contribution < -0.4 is 0 Å². The Morgan fingerprint density at radius 1 is 1.00 bits per heavy atom. The van der Waals surface area contributed by atoms with E-state index in [1.165, 1.54) is 16.5 Å². The van der Waals surface area contributed by atoms with Gasteiger partial charge >= 0.3 is 0 Å². The summed E-state index contributed by atoms with van der Waals surface area (Å²) in [5.74, 6) is 0. The van der Waals surface area contributed by atoms with E-state index in [0.29, 0.717) is 0 Å². The van der Waals surface area contributed by atoms with E-state index in [-0.39, 0.29) is 0 Å². The molecule has 2 heterocycles. The van der Waals surface area contributed by atoms with Gasteiger partial charge in [0, 0.05) is 16.8 Å². The van der Waals surface area contributed by atoms with Gasteiger partial charge in [-0.1, -0.05) is 6.92 Å². The number of hydrogen-bond acceptors (Lipinski definition) is 2. The smallest absolute Gasteiger partial charge is 0.159 e. The van der Waals surface area contributed by atoms with Gasteiger partial charge in [0.25, 0.3) is 0 Å². The summed E-state index contributed by atoms with van der Waals surface area (Å²) in [6.07, 6.45) is 0.969. The molecule has 2 heteroatoms. The molecule has 0 radical (unpaired) electrons. The van der Waals surface area contributed by atoms with E-state index in [1.54, 1.807) is 0 Å². The van der Waals surface area contributed by atoms with Crippen molar-refractivity contribution in [3.63, 3.8) is 0 Å². The van der Waals surface area contributed by atoms with Crippen molar-refractivity contribution in [3.05, 3.63) is 34.6 Å². The van der Waals surface area contributed by atoms with Crippen LogP contribution >= 0.6 is 0 Å². The van der Waals surface area contributed by atoms with Crippen molar-refractivity contribution >= 4 is 11.0 Å². The number of hydrogen-bond donors (Lipinski definition) is 0. The molecule has 0 aromatic carbocycles. The summed E-state index contributed by atoms with van der Waals surface area (Å²) >= 11 is 0. The third kappa shape index (κ3) is 1.72. The van der Waals surface area contributed by atoms with Crippen LogP contribution in [0.2, 0.25) is 0 Å². The van der Waals surface area contributed by atoms with Gasteiger partial charge in [-0.25, -0.2) is 9.97 Å². The van der Waals surface area contributed by atoms with Gasteiger partial charge in [-0.3, -0.25) is 0 Å². The SMILES string of the molecule is CCc1nc2nc(C)cc(C)c2cc1C. The summed E-state index contributed by atoms with van der Waals surface area (Å²) in [6.45, 7) is 8.37. The Bertz CT molecular complexity index is 515. The fraction of sp³-hybridized carbons (Fsp3) is 0.385. The molecule has 0 amide bonds. The molecule has 0 aliphatic heterocycles. The Balaban J connectivity index is 2.81. The number of nitrogens with zero attached hydrogens (tertiary/aromatic N) is 2. The predicted molar refractivity (Wildman–Crippen MR) is 63.1 cm³/mol. The normalized spacial score (nSPS) is 10.9. The molecule has 2 rings (SSSR count). The van der Waals surface area contributed by atoms with Crippen molar-refractivity contribution in [2.75, 3.05) is 0 Å². The molecule has 2 nitrogen and oxygen atoms in total. The van der Waals surface area contributed by atoms with Gasteiger partial charge in [-0.05, 0) is 50.5 Å². The minimum absolute atomic E-state index is 0.884. The third-order valence-electron chi connectivity index (χ3n) is 2.77. The first-order chi connectivity index (χ1) is 7.11. The molecule has 0 aliphatic rings. The fourth-order valence-corrected chi connectivity index (χ4v) is 1.96. The molecule has 78 valence electrons. The van der Waals surface area contributed by atoms with Crippen LogP contribution in [0.1, 0.15) is 29.4 Å². The van der Waals surface area contributed by atoms with Crippen molar-refractivity contribution in [2.24, 2.45) is 0 Å². The van der Waals surface area contributed by atoms with Crippen molar-refractivity contribution in [1.82, 2.24) is 9.97 Å². The molecule has 0 fully saturated rings. The van der Waals surface area contributed by atoms with Crippen LogP contribution in [0, 0.1) is 20.8 Å². The second-order valence-electron chi connectivity index (χ2n) is 4.06. The van der Waals surface area contributed by atoms with E-state index in [1.807, 2.05) is 6.92 Å². The molecule has 2 aromatic heterocycles. The Kier molecular flexibility index (Phi) is 2.43. The van der Waals surface area contributed by atoms with Crippen LogP contribution in [-0.4, -0.2) is 9.97 Å². The molecule has 2 aromatic rings. The van der Waals surface area contributed by atoms with E-state index >= 15 is 0 Å². The molecular weight excluding hydrogens is 184 g/mol. The van der Waals surface area contributed by atoms with E-state index in [2.05, 4.69) is 42.9 Å². The first-order valence-corrected chi connectivity index (χ1v) is 5.36. The number of aromatic nitrogens is 2. The molecule has 0 saturated heterocycles. The fourth-order valence-electron chi connectivity index (χ4n) is 1.96. The van der Waals surface area contributed by atoms with Crippen molar-refractivity contribution in [2.45, 2.75) is 34.1 Å². The Labute approximate surface area is 90.4 Å². The van der Waals surface area contributed by atoms with E-state index in [9.17, 15) is 0 Å². The zero-order valence-electron chi connectivity index (χ0n) is 9.76. The molecule has 0 spiro atoms. The molecule has 0 saturated carbocycles. The van der Waals surface area contributed by atoms with Crippen LogP contribution in [0.3, 0.4) is 0 Å². The van der Waals surface area contributed by atoms with Gasteiger partial charge in [0.2, 0.25) is 0 Å². The average Bonchev–Trinajstić information content (AvgIpc) is 2.18. The lowest BCUT2D eigenvalue weighted by Crippen LogP contribution is -1.97. The Morgan fingerprint density at radius 3 is 2.40 bits per heavy atom. The van der Waals surface area contributed by atoms with Gasteiger partial charge in [0.1, 0.15) is 0 Å². The highest BCUT2D eigenvalue weighted by Gasteiger charge is 2.05. The number of pyridine rings is 2. The second kappa shape index (κ2) is 3.61. The standard InChI is InChI=1S/C13H16N2/c1-5-12-9(3)7-11-8(2)6-10(4)14-13(11)15-12/h6-7H,5H2,1-4H3. The molecule has 0 N–H and O–H groups in total. The van der Waals surface area contributed by atoms with Crippen LogP contribution in [0.25, 0.3) is 11.0 Å². The minimum Gasteiger partial charge on any atom is -0.233 e. The molecule has 0 aliphatic carbocycles. The summed E-state index contributed by atoms with van der Waals surface area (Å²) < 4.78 is 0. The molecule has 0 bridgehead atoms. The maximum absolute atomic E-state index is 4.60. The molecule has 0 unspecified atom stereocenters. The lowest BCUT2D eigenvalue weighted by atomic mass is 10.1. The number of rotatable bonds is 1. The topological polar surface area (TPSA) is 25.8 Å². The van der Waals surface area contributed by atoms with Gasteiger partial charge in [0.15, 0.2) is 5.65 Å². The lowest BCUT2D eigenvalue weighted by Gasteiger charge is -2.07. The maximum atomic E-state index is 4.60. The zero-order chi connectivity index (χ0) is 11.0. The summed E-state index contributed by atoms with van der Waals surface area (Å²) in [7, 11) is 0. The first kappa shape index (κ1) is 10.1. The minimum atomic E-state index is 0.884. The van der Waals surface area contributed by atoms with E-state index in [0.717, 1.165) is 23.5 Å². The van der Waals surface area contributed by atoms with Crippen molar-refractivity contribution in [3.8, 4) is 0 Å². The van der Waals surface area contributed by atoms with E-state index in [4.69, 9.17) is 0 Å². The largest absolute Gasteiger partial charge is 0.233 e. The Hall–Kier alpha value is -1.44. The van der Waals surface area contributed by atoms with Gasteiger partial charge in [-0.2, -0.15) is 0 Å². The second-order valence-corrected chi connectivity index (χ2v) is 4.06. The molecule has 15 heavy (non-hydrogen) atoms. The first-order valence-electron chi connectivity index (χ1n) is 5.36. The molecule has 0 atom stereocenters. The predicted octanol–water partition coefficient (Wildman–Crippen LogP) is 3.12. The number of aryl methyl sites for hydroxylation is 4. The maximum Gasteiger partial charge on any atom is 0.159 e. The van der Waals surface area contributed by atoms with Crippen molar-refractivity contribution in [1.29, 1.82) is 0 Å². The zero-order valence-corrected chi connectivity index (χ0v) is 9.76. The van der Waals surface area contributed by atoms with Crippen LogP contribution in [0.5, 0.6) is 0 Å². The monoisotopic (exact) mass is 200 g/mol. The van der Waals surface area contributed by atoms with E-state index < -0.39 is 0 Å². The quantitative estimate of drug-likeness (QED) is 0.706. The summed E-state index contributed by atoms with van der Waals surface area (Å²) in [5.41, 5.74) is 5.60. The summed E-state index contributed by atoms with van der Waals surface area (Å²) in [5, 5.41) is 1.18. The van der Waals surface area contributed by atoms with Crippen LogP contribution in [0.4, 0.5) is 0 Å². The van der Waals surface area contributed by atoms with Crippen LogP contribution in [0.15, 0.2) is 12.1 Å². The lowest BCUT2D eigenvalue weighted by molar-refractivity contribution is 1.01. The summed E-state index contributed by atoms with van der Waals surface area (Å²) in [4.78, 5) is 9.08. The summed E-state index contributed by atoms with van der Waals surface area (Å²) in [6, 6.07) is 4.30. The average molecular weight is 200 g/mol. The van der Waals surface area contributed by atoms with Gasteiger partial charge in [0.05, 0.1) is 0 Å². The highest BCUT2D eigenvalue weighted by atomic mass is 14.9. The van der Waals surface area contributed by atoms with Gasteiger partial charge in [-0.15, -0.1) is 0 Å². The highest BCUT2D eigenvalue weighted by Crippen LogP contribution is 2.19. The third-order valence-corrected chi connectivity index (χ3v) is 2.77. The highest BCUT2D eigenvalue weighted by molar-refractivity contribution is 5.79. The van der Waals surface area contributed by atoms with Crippen LogP contribution in [-0.2, 0) is 6.42 Å².